The van der Waals surface area contributed by atoms with E-state index in [9.17, 15) is 9.59 Å². The highest BCUT2D eigenvalue weighted by molar-refractivity contribution is 6.06. The van der Waals surface area contributed by atoms with E-state index in [1.54, 1.807) is 4.90 Å². The van der Waals surface area contributed by atoms with Gasteiger partial charge in [0.2, 0.25) is 5.91 Å². The Hall–Kier alpha value is -1.84. The number of rotatable bonds is 2. The third-order valence-corrected chi connectivity index (χ3v) is 3.10. The number of carbonyl (C=O) groups is 2. The zero-order valence-electron chi connectivity index (χ0n) is 11.2. The molecule has 1 atom stereocenters. The second kappa shape index (κ2) is 4.44. The molecule has 96 valence electrons. The molecule has 1 aliphatic rings. The van der Waals surface area contributed by atoms with Crippen molar-refractivity contribution in [3.8, 4) is 0 Å². The van der Waals surface area contributed by atoms with Gasteiger partial charge in [-0.2, -0.15) is 0 Å². The van der Waals surface area contributed by atoms with Gasteiger partial charge < -0.3 is 10.2 Å². The zero-order chi connectivity index (χ0) is 13.4. The monoisotopic (exact) mass is 246 g/mol. The van der Waals surface area contributed by atoms with Crippen LogP contribution in [0.4, 0.5) is 5.69 Å². The summed E-state index contributed by atoms with van der Waals surface area (Å²) in [6, 6.07) is 5.44. The molecule has 1 N–H and O–H groups in total. The summed E-state index contributed by atoms with van der Waals surface area (Å²) in [5.41, 5.74) is 2.88. The molecule has 1 unspecified atom stereocenters. The second-order valence-corrected chi connectivity index (χ2v) is 5.00. The normalized spacial score (nSPS) is 18.2. The van der Waals surface area contributed by atoms with E-state index in [4.69, 9.17) is 0 Å². The molecule has 1 aromatic carbocycles. The van der Waals surface area contributed by atoms with Crippen molar-refractivity contribution in [2.24, 2.45) is 0 Å². The van der Waals surface area contributed by atoms with E-state index in [1.807, 2.05) is 39.0 Å². The van der Waals surface area contributed by atoms with Gasteiger partial charge in [-0.3, -0.25) is 9.59 Å². The molecule has 0 aromatic heterocycles. The molecule has 0 radical (unpaired) electrons. The van der Waals surface area contributed by atoms with E-state index in [1.165, 1.54) is 6.92 Å². The lowest BCUT2D eigenvalue weighted by Crippen LogP contribution is -2.39. The molecule has 0 saturated heterocycles. The molecule has 1 heterocycles. The Labute approximate surface area is 107 Å². The molecule has 18 heavy (non-hydrogen) atoms. The van der Waals surface area contributed by atoms with Crippen LogP contribution < -0.4 is 10.2 Å². The molecule has 0 aliphatic carbocycles. The summed E-state index contributed by atoms with van der Waals surface area (Å²) in [7, 11) is 0. The van der Waals surface area contributed by atoms with E-state index in [-0.39, 0.29) is 17.9 Å². The minimum Gasteiger partial charge on any atom is -0.341 e. The van der Waals surface area contributed by atoms with Crippen LogP contribution in [0, 0.1) is 6.92 Å². The summed E-state index contributed by atoms with van der Waals surface area (Å²) in [6.07, 6.45) is 0. The summed E-state index contributed by atoms with van der Waals surface area (Å²) >= 11 is 0. The largest absolute Gasteiger partial charge is 0.341 e. The van der Waals surface area contributed by atoms with Crippen LogP contribution in [0.15, 0.2) is 18.2 Å². The molecule has 2 amide bonds. The first-order chi connectivity index (χ1) is 8.41. The number of nitrogens with zero attached hydrogens (tertiary/aromatic N) is 1. The zero-order valence-corrected chi connectivity index (χ0v) is 11.2. The van der Waals surface area contributed by atoms with Gasteiger partial charge in [0.25, 0.3) is 5.91 Å². The Kier molecular flexibility index (Phi) is 3.11. The molecule has 0 spiro atoms. The lowest BCUT2D eigenvalue weighted by Gasteiger charge is -2.22. The van der Waals surface area contributed by atoms with Crippen LogP contribution in [0.25, 0.3) is 0 Å². The first kappa shape index (κ1) is 12.6. The van der Waals surface area contributed by atoms with E-state index < -0.39 is 6.04 Å². The topological polar surface area (TPSA) is 49.4 Å². The first-order valence-corrected chi connectivity index (χ1v) is 6.12. The Bertz CT molecular complexity index is 509. The summed E-state index contributed by atoms with van der Waals surface area (Å²) in [5.74, 6) is -0.243. The van der Waals surface area contributed by atoms with Crippen LogP contribution in [0.3, 0.4) is 0 Å². The smallest absolute Gasteiger partial charge is 0.254 e. The number of benzene rings is 1. The minimum atomic E-state index is -0.542. The number of hydrogen-bond acceptors (Lipinski definition) is 2. The number of carbonyl (C=O) groups excluding carboxylic acids is 2. The van der Waals surface area contributed by atoms with Gasteiger partial charge >= 0.3 is 0 Å². The van der Waals surface area contributed by atoms with Crippen LogP contribution in [0.2, 0.25) is 0 Å². The van der Waals surface area contributed by atoms with Gasteiger partial charge in [0.15, 0.2) is 0 Å². The van der Waals surface area contributed by atoms with Gasteiger partial charge in [-0.1, -0.05) is 17.7 Å². The lowest BCUT2D eigenvalue weighted by atomic mass is 10.1. The van der Waals surface area contributed by atoms with Crippen LogP contribution >= 0.6 is 0 Å². The van der Waals surface area contributed by atoms with E-state index in [0.29, 0.717) is 0 Å². The lowest BCUT2D eigenvalue weighted by molar-refractivity contribution is -0.126. The Balaban J connectivity index is 2.50. The third kappa shape index (κ3) is 1.98. The highest BCUT2D eigenvalue weighted by Crippen LogP contribution is 2.37. The van der Waals surface area contributed by atoms with Crippen LogP contribution in [0.1, 0.15) is 37.9 Å². The summed E-state index contributed by atoms with van der Waals surface area (Å²) in [4.78, 5) is 25.3. The SMILES string of the molecule is CC(=O)NC1C(=O)N(C(C)C)c2ccc(C)cc21. The van der Waals surface area contributed by atoms with Crippen molar-refractivity contribution in [2.45, 2.75) is 39.8 Å². The third-order valence-electron chi connectivity index (χ3n) is 3.10. The van der Waals surface area contributed by atoms with Gasteiger partial charge in [0.1, 0.15) is 6.04 Å². The van der Waals surface area contributed by atoms with Gasteiger partial charge in [-0.25, -0.2) is 0 Å². The maximum atomic E-state index is 12.4. The van der Waals surface area contributed by atoms with Crippen LogP contribution in [0.5, 0.6) is 0 Å². The van der Waals surface area contributed by atoms with Crippen molar-refractivity contribution in [1.82, 2.24) is 5.32 Å². The molecule has 4 heteroatoms. The minimum absolute atomic E-state index is 0.0548. The van der Waals surface area contributed by atoms with E-state index in [2.05, 4.69) is 5.32 Å². The highest BCUT2D eigenvalue weighted by Gasteiger charge is 2.38. The molecule has 1 aromatic rings. The van der Waals surface area contributed by atoms with Crippen LogP contribution in [-0.4, -0.2) is 17.9 Å². The Morgan fingerprint density at radius 2 is 2.06 bits per heavy atom. The van der Waals surface area contributed by atoms with Crippen molar-refractivity contribution >= 4 is 17.5 Å². The average Bonchev–Trinajstić information content (AvgIpc) is 2.52. The number of anilines is 1. The molecule has 0 saturated carbocycles. The van der Waals surface area contributed by atoms with Crippen LogP contribution in [-0.2, 0) is 9.59 Å². The number of nitrogens with one attached hydrogen (secondary N) is 1. The summed E-state index contributed by atoms with van der Waals surface area (Å²) in [5, 5.41) is 2.73. The van der Waals surface area contributed by atoms with Gasteiger partial charge in [0.05, 0.1) is 0 Å². The van der Waals surface area contributed by atoms with E-state index >= 15 is 0 Å². The van der Waals surface area contributed by atoms with Gasteiger partial charge in [-0.05, 0) is 26.8 Å². The molecular formula is C14H18N2O2. The number of hydrogen-bond donors (Lipinski definition) is 1. The predicted octanol–water partition coefficient (Wildman–Crippen LogP) is 1.93. The maximum absolute atomic E-state index is 12.4. The molecule has 2 rings (SSSR count). The fourth-order valence-electron chi connectivity index (χ4n) is 2.39. The van der Waals surface area contributed by atoms with Crippen molar-refractivity contribution in [2.75, 3.05) is 4.90 Å². The second-order valence-electron chi connectivity index (χ2n) is 5.00. The first-order valence-electron chi connectivity index (χ1n) is 6.12. The quantitative estimate of drug-likeness (QED) is 0.866. The van der Waals surface area contributed by atoms with Crippen molar-refractivity contribution < 1.29 is 9.59 Å². The Morgan fingerprint density at radius 1 is 1.39 bits per heavy atom. The fraction of sp³-hybridized carbons (Fsp3) is 0.429. The summed E-state index contributed by atoms with van der Waals surface area (Å²) in [6.45, 7) is 7.35. The van der Waals surface area contributed by atoms with Gasteiger partial charge in [0, 0.05) is 24.2 Å². The Morgan fingerprint density at radius 3 is 2.61 bits per heavy atom. The maximum Gasteiger partial charge on any atom is 0.254 e. The molecule has 0 fully saturated rings. The molecule has 4 nitrogen and oxygen atoms in total. The standard InChI is InChI=1S/C14H18N2O2/c1-8(2)16-12-6-5-9(3)7-11(12)13(14(16)18)15-10(4)17/h5-8,13H,1-4H3,(H,15,17). The average molecular weight is 246 g/mol. The van der Waals surface area contributed by atoms with Gasteiger partial charge in [-0.15, -0.1) is 0 Å². The molecule has 1 aliphatic heterocycles. The number of fused-ring (bicyclic) bond motifs is 1. The fourth-order valence-corrected chi connectivity index (χ4v) is 2.39. The van der Waals surface area contributed by atoms with Crippen molar-refractivity contribution in [1.29, 1.82) is 0 Å². The van der Waals surface area contributed by atoms with Crippen molar-refractivity contribution in [3.63, 3.8) is 0 Å². The molecule has 0 bridgehead atoms. The van der Waals surface area contributed by atoms with Crippen molar-refractivity contribution in [3.05, 3.63) is 29.3 Å². The number of amides is 2. The highest BCUT2D eigenvalue weighted by atomic mass is 16.2. The summed E-state index contributed by atoms with van der Waals surface area (Å²) < 4.78 is 0. The predicted molar refractivity (Wildman–Crippen MR) is 70.4 cm³/mol. The van der Waals surface area contributed by atoms with E-state index in [0.717, 1.165) is 16.8 Å². The molecular weight excluding hydrogens is 228 g/mol. The number of aryl methyl sites for hydroxylation is 1.